The molecule has 2 saturated carbocycles. The van der Waals surface area contributed by atoms with Crippen LogP contribution in [-0.2, 0) is 4.74 Å². The molecule has 0 radical (unpaired) electrons. The van der Waals surface area contributed by atoms with E-state index in [1.807, 2.05) is 6.92 Å². The van der Waals surface area contributed by atoms with Crippen LogP contribution in [0.2, 0.25) is 0 Å². The van der Waals surface area contributed by atoms with E-state index in [0.717, 1.165) is 32.1 Å². The van der Waals surface area contributed by atoms with Gasteiger partial charge in [0.15, 0.2) is 0 Å². The van der Waals surface area contributed by atoms with Crippen LogP contribution < -0.4 is 0 Å². The summed E-state index contributed by atoms with van der Waals surface area (Å²) in [6, 6.07) is 0. The molecule has 0 aromatic carbocycles. The molecule has 7 atom stereocenters. The first-order chi connectivity index (χ1) is 11.7. The van der Waals surface area contributed by atoms with E-state index in [1.165, 1.54) is 0 Å². The third-order valence-electron chi connectivity index (χ3n) is 8.46. The van der Waals surface area contributed by atoms with E-state index in [2.05, 4.69) is 13.8 Å². The molecule has 0 bridgehead atoms. The summed E-state index contributed by atoms with van der Waals surface area (Å²) in [5, 5.41) is 40.2. The molecule has 25 heavy (non-hydrogen) atoms. The Morgan fingerprint density at radius 1 is 0.960 bits per heavy atom. The van der Waals surface area contributed by atoms with E-state index < -0.39 is 17.1 Å². The van der Waals surface area contributed by atoms with Gasteiger partial charge >= 0.3 is 0 Å². The number of rotatable bonds is 4. The largest absolute Gasteiger partial charge is 0.396 e. The van der Waals surface area contributed by atoms with Crippen LogP contribution in [0.25, 0.3) is 0 Å². The Morgan fingerprint density at radius 2 is 1.68 bits per heavy atom. The van der Waals surface area contributed by atoms with E-state index in [9.17, 15) is 20.4 Å². The van der Waals surface area contributed by atoms with Gasteiger partial charge in [-0.3, -0.25) is 0 Å². The zero-order valence-corrected chi connectivity index (χ0v) is 16.0. The summed E-state index contributed by atoms with van der Waals surface area (Å²) in [6.07, 6.45) is 5.15. The van der Waals surface area contributed by atoms with Crippen molar-refractivity contribution < 1.29 is 25.2 Å². The van der Waals surface area contributed by atoms with Crippen LogP contribution in [0.5, 0.6) is 0 Å². The number of aliphatic hydroxyl groups is 4. The maximum absolute atomic E-state index is 10.6. The Bertz CT molecular complexity index is 498. The summed E-state index contributed by atoms with van der Waals surface area (Å²) >= 11 is 0. The normalized spacial score (nSPS) is 53.2. The highest BCUT2D eigenvalue weighted by Gasteiger charge is 2.68. The SMILES string of the molecule is C[C@@H]1CCC2[C@](C)(CO)[C@@H](O)CC[C@]2(C)[C@@]12CC[C@@](CO)(CCO)O2. The lowest BCUT2D eigenvalue weighted by atomic mass is 9.43. The number of aliphatic hydroxyl groups excluding tert-OH is 4. The summed E-state index contributed by atoms with van der Waals surface area (Å²) in [7, 11) is 0. The van der Waals surface area contributed by atoms with Gasteiger partial charge in [0.05, 0.1) is 30.5 Å². The van der Waals surface area contributed by atoms with Gasteiger partial charge in [0.2, 0.25) is 0 Å². The minimum Gasteiger partial charge on any atom is -0.396 e. The van der Waals surface area contributed by atoms with E-state index in [1.54, 1.807) is 0 Å². The zero-order valence-electron chi connectivity index (χ0n) is 16.0. The van der Waals surface area contributed by atoms with Gasteiger partial charge in [0, 0.05) is 23.9 Å². The van der Waals surface area contributed by atoms with Gasteiger partial charge in [-0.15, -0.1) is 0 Å². The molecular weight excluding hydrogens is 320 g/mol. The van der Waals surface area contributed by atoms with Gasteiger partial charge in [-0.25, -0.2) is 0 Å². The lowest BCUT2D eigenvalue weighted by Crippen LogP contribution is -2.66. The molecule has 1 unspecified atom stereocenters. The maximum Gasteiger partial charge on any atom is 0.0942 e. The molecule has 146 valence electrons. The highest BCUT2D eigenvalue weighted by Crippen LogP contribution is 2.67. The maximum atomic E-state index is 10.6. The number of hydrogen-bond donors (Lipinski definition) is 4. The van der Waals surface area contributed by atoms with Crippen LogP contribution in [0.3, 0.4) is 0 Å². The molecule has 0 aromatic heterocycles. The summed E-state index contributed by atoms with van der Waals surface area (Å²) in [5.41, 5.74) is -1.66. The highest BCUT2D eigenvalue weighted by atomic mass is 16.5. The van der Waals surface area contributed by atoms with Crippen molar-refractivity contribution in [1.29, 1.82) is 0 Å². The predicted octanol–water partition coefficient (Wildman–Crippen LogP) is 1.85. The minimum atomic E-state index is -0.653. The zero-order chi connectivity index (χ0) is 18.5. The Labute approximate surface area is 151 Å². The second kappa shape index (κ2) is 6.45. The standard InChI is InChI=1S/C20H36O5/c1-14-4-5-15-17(2,12-22)16(24)6-7-18(15,3)20(14)9-8-19(13-23,25-20)10-11-21/h14-16,21-24H,4-13H2,1-3H3/t14-,15?,16+,17+,18+,19+,20-/m1/s1. The first kappa shape index (κ1) is 19.6. The lowest BCUT2D eigenvalue weighted by molar-refractivity contribution is -0.272. The highest BCUT2D eigenvalue weighted by molar-refractivity contribution is 5.17. The topological polar surface area (TPSA) is 90.2 Å². The first-order valence-corrected chi connectivity index (χ1v) is 9.94. The Hall–Kier alpha value is -0.200. The summed E-state index contributed by atoms with van der Waals surface area (Å²) in [5.74, 6) is 0.549. The molecule has 4 N–H and O–H groups in total. The first-order valence-electron chi connectivity index (χ1n) is 9.94. The molecule has 5 heteroatoms. The third-order valence-corrected chi connectivity index (χ3v) is 8.46. The van der Waals surface area contributed by atoms with Crippen molar-refractivity contribution in [2.24, 2.45) is 22.7 Å². The summed E-state index contributed by atoms with van der Waals surface area (Å²) in [4.78, 5) is 0. The predicted molar refractivity (Wildman–Crippen MR) is 95.0 cm³/mol. The van der Waals surface area contributed by atoms with Crippen molar-refractivity contribution >= 4 is 0 Å². The lowest BCUT2D eigenvalue weighted by Gasteiger charge is -2.65. The van der Waals surface area contributed by atoms with Crippen molar-refractivity contribution in [1.82, 2.24) is 0 Å². The van der Waals surface area contributed by atoms with Crippen molar-refractivity contribution in [3.8, 4) is 0 Å². The van der Waals surface area contributed by atoms with Gasteiger partial charge in [-0.1, -0.05) is 20.8 Å². The molecule has 1 spiro atoms. The fourth-order valence-electron chi connectivity index (χ4n) is 6.70. The third kappa shape index (κ3) is 2.53. The molecule has 5 nitrogen and oxygen atoms in total. The molecule has 0 amide bonds. The molecule has 0 aromatic rings. The molecule has 1 saturated heterocycles. The molecule has 2 aliphatic carbocycles. The van der Waals surface area contributed by atoms with Gasteiger partial charge in [0.1, 0.15) is 0 Å². The molecule has 1 aliphatic heterocycles. The Balaban J connectivity index is 2.02. The second-order valence-electron chi connectivity index (χ2n) is 9.47. The number of hydrogen-bond acceptors (Lipinski definition) is 5. The molecule has 3 fully saturated rings. The fraction of sp³-hybridized carbons (Fsp3) is 1.00. The number of fused-ring (bicyclic) bond motifs is 2. The van der Waals surface area contributed by atoms with E-state index in [4.69, 9.17) is 4.74 Å². The monoisotopic (exact) mass is 356 g/mol. The van der Waals surface area contributed by atoms with Crippen LogP contribution in [0.4, 0.5) is 0 Å². The molecule has 3 rings (SSSR count). The second-order valence-corrected chi connectivity index (χ2v) is 9.47. The average molecular weight is 357 g/mol. The summed E-state index contributed by atoms with van der Waals surface area (Å²) < 4.78 is 6.75. The molecule has 3 aliphatic rings. The van der Waals surface area contributed by atoms with Crippen molar-refractivity contribution in [2.45, 2.75) is 83.0 Å². The van der Waals surface area contributed by atoms with Gasteiger partial charge in [-0.05, 0) is 50.4 Å². The van der Waals surface area contributed by atoms with Gasteiger partial charge in [0.25, 0.3) is 0 Å². The Morgan fingerprint density at radius 3 is 2.28 bits per heavy atom. The van der Waals surface area contributed by atoms with Crippen molar-refractivity contribution in [3.05, 3.63) is 0 Å². The van der Waals surface area contributed by atoms with Gasteiger partial charge < -0.3 is 25.2 Å². The fourth-order valence-corrected chi connectivity index (χ4v) is 6.70. The summed E-state index contributed by atoms with van der Waals surface area (Å²) in [6.45, 7) is 6.47. The van der Waals surface area contributed by atoms with E-state index in [0.29, 0.717) is 18.8 Å². The quantitative estimate of drug-likeness (QED) is 0.617. The van der Waals surface area contributed by atoms with Crippen LogP contribution in [0.1, 0.15) is 65.7 Å². The minimum absolute atomic E-state index is 0.0121. The van der Waals surface area contributed by atoms with Crippen LogP contribution in [0.15, 0.2) is 0 Å². The van der Waals surface area contributed by atoms with Crippen LogP contribution in [0, 0.1) is 22.7 Å². The molecule has 1 heterocycles. The molecular formula is C20H36O5. The average Bonchev–Trinajstić information content (AvgIpc) is 2.99. The van der Waals surface area contributed by atoms with Crippen LogP contribution >= 0.6 is 0 Å². The van der Waals surface area contributed by atoms with E-state index in [-0.39, 0.29) is 36.8 Å². The van der Waals surface area contributed by atoms with Gasteiger partial charge in [-0.2, -0.15) is 0 Å². The number of ether oxygens (including phenoxy) is 1. The van der Waals surface area contributed by atoms with Crippen molar-refractivity contribution in [3.63, 3.8) is 0 Å². The van der Waals surface area contributed by atoms with E-state index >= 15 is 0 Å². The van der Waals surface area contributed by atoms with Crippen molar-refractivity contribution in [2.75, 3.05) is 19.8 Å². The Kier molecular flexibility index (Phi) is 5.05. The smallest absolute Gasteiger partial charge is 0.0942 e. The van der Waals surface area contributed by atoms with Crippen LogP contribution in [-0.4, -0.2) is 57.6 Å².